The molecule has 1 amide bonds. The van der Waals surface area contributed by atoms with Crippen molar-refractivity contribution in [2.24, 2.45) is 0 Å². The number of hydrogen-bond donors (Lipinski definition) is 0. The Kier molecular flexibility index (Phi) is 7.23. The first-order valence-corrected chi connectivity index (χ1v) is 12.3. The highest BCUT2D eigenvalue weighted by Gasteiger charge is 2.20. The molecule has 0 fully saturated rings. The molecule has 4 aromatic rings. The lowest BCUT2D eigenvalue weighted by atomic mass is 10.00. The lowest BCUT2D eigenvalue weighted by Crippen LogP contribution is -2.22. The molecule has 1 aliphatic heterocycles. The van der Waals surface area contributed by atoms with E-state index < -0.39 is 11.9 Å². The number of fused-ring (bicyclic) bond motifs is 3. The first-order valence-electron chi connectivity index (χ1n) is 12.3. The van der Waals surface area contributed by atoms with Crippen LogP contribution in [0.3, 0.4) is 0 Å². The summed E-state index contributed by atoms with van der Waals surface area (Å²) in [5.41, 5.74) is 1.66. The molecule has 0 atom stereocenters. The predicted molar refractivity (Wildman–Crippen MR) is 150 cm³/mol. The van der Waals surface area contributed by atoms with Crippen LogP contribution in [0.4, 0.5) is 5.69 Å². The summed E-state index contributed by atoms with van der Waals surface area (Å²) in [6.45, 7) is 7.91. The summed E-state index contributed by atoms with van der Waals surface area (Å²) in [5, 5.41) is 3.94. The molecule has 0 aromatic heterocycles. The van der Waals surface area contributed by atoms with Crippen LogP contribution in [0.15, 0.2) is 110 Å². The van der Waals surface area contributed by atoms with Crippen LogP contribution in [0, 0.1) is 0 Å². The van der Waals surface area contributed by atoms with Crippen molar-refractivity contribution < 1.29 is 28.6 Å². The number of benzene rings is 4. The molecule has 39 heavy (non-hydrogen) atoms. The van der Waals surface area contributed by atoms with Gasteiger partial charge in [-0.2, -0.15) is 0 Å². The summed E-state index contributed by atoms with van der Waals surface area (Å²) in [4.78, 5) is 37.4. The van der Waals surface area contributed by atoms with Crippen LogP contribution >= 0.6 is 0 Å². The highest BCUT2D eigenvalue weighted by atomic mass is 16.5. The van der Waals surface area contributed by atoms with E-state index in [1.165, 1.54) is 11.0 Å². The first-order chi connectivity index (χ1) is 18.9. The molecule has 4 aromatic carbocycles. The fourth-order valence-electron chi connectivity index (χ4n) is 4.33. The Labute approximate surface area is 225 Å². The van der Waals surface area contributed by atoms with E-state index in [1.54, 1.807) is 42.5 Å². The third-order valence-electron chi connectivity index (χ3n) is 6.24. The predicted octanol–water partition coefficient (Wildman–Crippen LogP) is 6.13. The van der Waals surface area contributed by atoms with E-state index in [9.17, 15) is 14.4 Å². The van der Waals surface area contributed by atoms with E-state index in [0.29, 0.717) is 35.7 Å². The second-order valence-corrected chi connectivity index (χ2v) is 8.84. The van der Waals surface area contributed by atoms with Gasteiger partial charge in [-0.3, -0.25) is 9.69 Å². The van der Waals surface area contributed by atoms with Crippen LogP contribution < -0.4 is 14.4 Å². The van der Waals surface area contributed by atoms with E-state index in [-0.39, 0.29) is 12.5 Å². The largest absolute Gasteiger partial charge is 0.493 e. The van der Waals surface area contributed by atoms with Gasteiger partial charge in [-0.1, -0.05) is 37.4 Å². The minimum atomic E-state index is -0.476. The number of carbonyl (C=O) groups excluding carboxylic acids is 3. The quantitative estimate of drug-likeness (QED) is 0.0870. The normalized spacial score (nSPS) is 12.7. The Morgan fingerprint density at radius 3 is 2.21 bits per heavy atom. The second-order valence-electron chi connectivity index (χ2n) is 8.84. The van der Waals surface area contributed by atoms with E-state index in [1.807, 2.05) is 36.4 Å². The van der Waals surface area contributed by atoms with Gasteiger partial charge >= 0.3 is 11.9 Å². The molecule has 0 aliphatic carbocycles. The first kappa shape index (κ1) is 25.5. The lowest BCUT2D eigenvalue weighted by Gasteiger charge is -2.17. The highest BCUT2D eigenvalue weighted by molar-refractivity contribution is 6.10. The summed E-state index contributed by atoms with van der Waals surface area (Å²) < 4.78 is 16.3. The Morgan fingerprint density at radius 1 is 0.821 bits per heavy atom. The van der Waals surface area contributed by atoms with Gasteiger partial charge in [0, 0.05) is 30.0 Å². The van der Waals surface area contributed by atoms with Crippen LogP contribution in [0.25, 0.3) is 21.5 Å². The molecule has 5 rings (SSSR count). The van der Waals surface area contributed by atoms with Crippen molar-refractivity contribution in [1.82, 2.24) is 0 Å². The molecule has 0 N–H and O–H groups in total. The van der Waals surface area contributed by atoms with E-state index >= 15 is 0 Å². The van der Waals surface area contributed by atoms with Gasteiger partial charge in [0.25, 0.3) is 5.91 Å². The zero-order valence-corrected chi connectivity index (χ0v) is 21.1. The summed E-state index contributed by atoms with van der Waals surface area (Å²) in [6, 6.07) is 21.9. The number of anilines is 1. The average molecular weight is 520 g/mol. The molecule has 1 aliphatic rings. The maximum Gasteiger partial charge on any atom is 0.343 e. The van der Waals surface area contributed by atoms with Gasteiger partial charge in [0.15, 0.2) is 0 Å². The molecule has 0 radical (unpaired) electrons. The highest BCUT2D eigenvalue weighted by Crippen LogP contribution is 2.30. The zero-order valence-electron chi connectivity index (χ0n) is 21.1. The number of amides is 1. The van der Waals surface area contributed by atoms with Crippen LogP contribution in [0.5, 0.6) is 11.5 Å². The topological polar surface area (TPSA) is 82.1 Å². The Hall–Kier alpha value is -5.17. The molecule has 0 bridgehead atoms. The molecule has 0 spiro atoms. The van der Waals surface area contributed by atoms with Crippen LogP contribution in [-0.2, 0) is 14.3 Å². The van der Waals surface area contributed by atoms with Gasteiger partial charge in [-0.25, -0.2) is 9.59 Å². The van der Waals surface area contributed by atoms with Gasteiger partial charge in [-0.15, -0.1) is 0 Å². The SMILES string of the molecule is C=CC(=O)OCCCOc1ccc2c(ccc3cc(C(=O)Oc4ccc(N5C(=C)C=CC5=O)cc4)ccc32)c1. The van der Waals surface area contributed by atoms with Crippen molar-refractivity contribution >= 4 is 45.1 Å². The van der Waals surface area contributed by atoms with Crippen molar-refractivity contribution in [3.63, 3.8) is 0 Å². The summed E-state index contributed by atoms with van der Waals surface area (Å²) in [7, 11) is 0. The average Bonchev–Trinajstić information content (AvgIpc) is 3.29. The molecular weight excluding hydrogens is 494 g/mol. The molecule has 7 nitrogen and oxygen atoms in total. The standard InChI is InChI=1S/C32H25NO6/c1-3-31(35)38-18-4-17-37-27-13-15-29-23(20-27)7-6-22-19-24(8-14-28(22)29)32(36)39-26-11-9-25(10-12-26)33-21(2)5-16-30(33)34/h3,5-16,19-20H,1-2,4,17-18H2. The van der Waals surface area contributed by atoms with Gasteiger partial charge in [-0.05, 0) is 76.2 Å². The van der Waals surface area contributed by atoms with Gasteiger partial charge < -0.3 is 14.2 Å². The number of rotatable bonds is 9. The van der Waals surface area contributed by atoms with Crippen molar-refractivity contribution in [1.29, 1.82) is 0 Å². The molecule has 194 valence electrons. The van der Waals surface area contributed by atoms with Crippen molar-refractivity contribution in [2.75, 3.05) is 18.1 Å². The number of hydrogen-bond acceptors (Lipinski definition) is 6. The maximum atomic E-state index is 12.9. The number of esters is 2. The van der Waals surface area contributed by atoms with Crippen molar-refractivity contribution in [3.8, 4) is 11.5 Å². The van der Waals surface area contributed by atoms with Gasteiger partial charge in [0.2, 0.25) is 0 Å². The maximum absolute atomic E-state index is 12.9. The summed E-state index contributed by atoms with van der Waals surface area (Å²) >= 11 is 0. The Balaban J connectivity index is 1.25. The number of allylic oxidation sites excluding steroid dienone is 1. The van der Waals surface area contributed by atoms with Crippen molar-refractivity contribution in [2.45, 2.75) is 6.42 Å². The monoisotopic (exact) mass is 519 g/mol. The zero-order chi connectivity index (χ0) is 27.4. The fourth-order valence-corrected chi connectivity index (χ4v) is 4.33. The van der Waals surface area contributed by atoms with E-state index in [2.05, 4.69) is 13.2 Å². The number of ether oxygens (including phenoxy) is 3. The molecule has 7 heteroatoms. The summed E-state index contributed by atoms with van der Waals surface area (Å²) in [6.07, 6.45) is 4.82. The van der Waals surface area contributed by atoms with Gasteiger partial charge in [0.1, 0.15) is 11.5 Å². The van der Waals surface area contributed by atoms with E-state index in [0.717, 1.165) is 33.4 Å². The minimum Gasteiger partial charge on any atom is -0.493 e. The number of nitrogens with zero attached hydrogens (tertiary/aromatic N) is 1. The van der Waals surface area contributed by atoms with Crippen LogP contribution in [-0.4, -0.2) is 31.1 Å². The second kappa shape index (κ2) is 11.1. The molecule has 0 saturated heterocycles. The van der Waals surface area contributed by atoms with Crippen molar-refractivity contribution in [3.05, 3.63) is 115 Å². The van der Waals surface area contributed by atoms with Gasteiger partial charge in [0.05, 0.1) is 18.8 Å². The van der Waals surface area contributed by atoms with Crippen LogP contribution in [0.1, 0.15) is 16.8 Å². The fraction of sp³-hybridized carbons (Fsp3) is 0.0938. The molecule has 1 heterocycles. The molecule has 0 unspecified atom stereocenters. The third-order valence-corrected chi connectivity index (χ3v) is 6.24. The van der Waals surface area contributed by atoms with E-state index in [4.69, 9.17) is 14.2 Å². The number of carbonyl (C=O) groups is 3. The third kappa shape index (κ3) is 5.57. The van der Waals surface area contributed by atoms with Crippen LogP contribution in [0.2, 0.25) is 0 Å². The Bertz CT molecular complexity index is 1630. The Morgan fingerprint density at radius 2 is 1.51 bits per heavy atom. The summed E-state index contributed by atoms with van der Waals surface area (Å²) in [5.74, 6) is 0.00691. The molecule has 0 saturated carbocycles. The minimum absolute atomic E-state index is 0.166. The smallest absolute Gasteiger partial charge is 0.343 e. The molecular formula is C32H25NO6. The lowest BCUT2D eigenvalue weighted by molar-refractivity contribution is -0.137.